The van der Waals surface area contributed by atoms with Gasteiger partial charge in [-0.2, -0.15) is 0 Å². The number of benzene rings is 1. The van der Waals surface area contributed by atoms with E-state index < -0.39 is 0 Å². The molecule has 5 heteroatoms. The molecule has 0 unspecified atom stereocenters. The molecule has 1 fully saturated rings. The number of nitrogens with two attached hydrogens (primary N) is 1. The summed E-state index contributed by atoms with van der Waals surface area (Å²) >= 11 is 0. The zero-order valence-electron chi connectivity index (χ0n) is 11.8. The lowest BCUT2D eigenvalue weighted by Crippen LogP contribution is -2.10. The Balaban J connectivity index is 1.97. The number of hydrogen-bond acceptors (Lipinski definition) is 5. The van der Waals surface area contributed by atoms with Crippen LogP contribution in [0, 0.1) is 0 Å². The van der Waals surface area contributed by atoms with Crippen molar-refractivity contribution < 1.29 is 0 Å². The predicted molar refractivity (Wildman–Crippen MR) is 81.6 cm³/mol. The van der Waals surface area contributed by atoms with Crippen LogP contribution >= 0.6 is 0 Å². The van der Waals surface area contributed by atoms with Crippen molar-refractivity contribution in [3.63, 3.8) is 0 Å². The van der Waals surface area contributed by atoms with Crippen LogP contribution in [0.4, 0.5) is 11.5 Å². The minimum atomic E-state index is 0.574. The Bertz CT molecular complexity index is 602. The standard InChI is InChI=1S/C15H19N5/c1-20(2)12-7-5-11(6-8-12)15-17-13(10-3-4-10)9-14(18-15)19-16/h5-10H,3-4,16H2,1-2H3,(H,17,18,19). The van der Waals surface area contributed by atoms with Crippen LogP contribution in [0.2, 0.25) is 0 Å². The van der Waals surface area contributed by atoms with Crippen LogP contribution in [0.25, 0.3) is 11.4 Å². The normalized spacial score (nSPS) is 14.2. The van der Waals surface area contributed by atoms with Gasteiger partial charge < -0.3 is 10.3 Å². The van der Waals surface area contributed by atoms with E-state index in [0.29, 0.717) is 11.7 Å². The van der Waals surface area contributed by atoms with E-state index in [0.717, 1.165) is 22.8 Å². The third-order valence-electron chi connectivity index (χ3n) is 3.53. The molecule has 2 aromatic rings. The first kappa shape index (κ1) is 12.9. The summed E-state index contributed by atoms with van der Waals surface area (Å²) in [5, 5.41) is 0. The molecular formula is C15H19N5. The first-order valence-electron chi connectivity index (χ1n) is 6.81. The summed E-state index contributed by atoms with van der Waals surface area (Å²) in [6, 6.07) is 10.2. The average molecular weight is 269 g/mol. The Morgan fingerprint density at radius 2 is 1.85 bits per heavy atom. The zero-order valence-corrected chi connectivity index (χ0v) is 11.8. The molecule has 1 aliphatic rings. The highest BCUT2D eigenvalue weighted by Gasteiger charge is 2.26. The van der Waals surface area contributed by atoms with Gasteiger partial charge in [0.1, 0.15) is 5.82 Å². The first-order valence-corrected chi connectivity index (χ1v) is 6.81. The lowest BCUT2D eigenvalue weighted by atomic mass is 10.1. The van der Waals surface area contributed by atoms with Gasteiger partial charge in [0, 0.05) is 43.0 Å². The number of nitrogen functional groups attached to an aromatic ring is 1. The van der Waals surface area contributed by atoms with Gasteiger partial charge >= 0.3 is 0 Å². The lowest BCUT2D eigenvalue weighted by Gasteiger charge is -2.13. The molecule has 1 aromatic heterocycles. The summed E-state index contributed by atoms with van der Waals surface area (Å²) in [6.45, 7) is 0. The zero-order chi connectivity index (χ0) is 14.1. The van der Waals surface area contributed by atoms with Crippen LogP contribution in [0.1, 0.15) is 24.5 Å². The molecule has 3 rings (SSSR count). The highest BCUT2D eigenvalue weighted by atomic mass is 15.3. The molecule has 0 atom stereocenters. The second-order valence-corrected chi connectivity index (χ2v) is 5.36. The Hall–Kier alpha value is -2.14. The molecule has 0 amide bonds. The molecule has 1 aromatic carbocycles. The number of hydrazine groups is 1. The Kier molecular flexibility index (Phi) is 3.28. The number of anilines is 2. The van der Waals surface area contributed by atoms with Gasteiger partial charge in [-0.3, -0.25) is 0 Å². The van der Waals surface area contributed by atoms with Crippen LogP contribution in [-0.4, -0.2) is 24.1 Å². The Labute approximate surface area is 118 Å². The van der Waals surface area contributed by atoms with Crippen molar-refractivity contribution in [3.8, 4) is 11.4 Å². The van der Waals surface area contributed by atoms with Crippen molar-refractivity contribution in [2.45, 2.75) is 18.8 Å². The number of hydrogen-bond donors (Lipinski definition) is 2. The minimum absolute atomic E-state index is 0.574. The summed E-state index contributed by atoms with van der Waals surface area (Å²) in [7, 11) is 4.05. The van der Waals surface area contributed by atoms with E-state index in [9.17, 15) is 0 Å². The molecule has 0 spiro atoms. The topological polar surface area (TPSA) is 67.1 Å². The highest BCUT2D eigenvalue weighted by Crippen LogP contribution is 2.40. The fraction of sp³-hybridized carbons (Fsp3) is 0.333. The van der Waals surface area contributed by atoms with Crippen molar-refractivity contribution in [1.29, 1.82) is 0 Å². The predicted octanol–water partition coefficient (Wildman–Crippen LogP) is 2.37. The molecule has 1 aliphatic carbocycles. The maximum absolute atomic E-state index is 5.50. The molecule has 0 aliphatic heterocycles. The molecule has 1 heterocycles. The van der Waals surface area contributed by atoms with Gasteiger partial charge in [-0.15, -0.1) is 0 Å². The average Bonchev–Trinajstić information content (AvgIpc) is 3.31. The molecule has 104 valence electrons. The van der Waals surface area contributed by atoms with E-state index in [1.165, 1.54) is 12.8 Å². The summed E-state index contributed by atoms with van der Waals surface area (Å²) in [6.07, 6.45) is 2.42. The Morgan fingerprint density at radius 3 is 2.40 bits per heavy atom. The van der Waals surface area contributed by atoms with Crippen molar-refractivity contribution in [2.24, 2.45) is 5.84 Å². The van der Waals surface area contributed by atoms with E-state index in [1.54, 1.807) is 0 Å². The maximum Gasteiger partial charge on any atom is 0.161 e. The third-order valence-corrected chi connectivity index (χ3v) is 3.53. The van der Waals surface area contributed by atoms with Crippen molar-refractivity contribution >= 4 is 11.5 Å². The quantitative estimate of drug-likeness (QED) is 0.659. The van der Waals surface area contributed by atoms with E-state index in [-0.39, 0.29) is 0 Å². The summed E-state index contributed by atoms with van der Waals surface area (Å²) in [4.78, 5) is 11.2. The van der Waals surface area contributed by atoms with Crippen molar-refractivity contribution in [3.05, 3.63) is 36.0 Å². The van der Waals surface area contributed by atoms with Crippen molar-refractivity contribution in [1.82, 2.24) is 9.97 Å². The van der Waals surface area contributed by atoms with E-state index in [2.05, 4.69) is 32.4 Å². The molecule has 0 bridgehead atoms. The molecule has 3 N–H and O–H groups in total. The van der Waals surface area contributed by atoms with Gasteiger partial charge in [-0.25, -0.2) is 15.8 Å². The minimum Gasteiger partial charge on any atom is -0.378 e. The maximum atomic E-state index is 5.50. The largest absolute Gasteiger partial charge is 0.378 e. The van der Waals surface area contributed by atoms with E-state index in [4.69, 9.17) is 5.84 Å². The van der Waals surface area contributed by atoms with E-state index >= 15 is 0 Å². The number of aromatic nitrogens is 2. The van der Waals surface area contributed by atoms with Crippen LogP contribution in [0.15, 0.2) is 30.3 Å². The first-order chi connectivity index (χ1) is 9.67. The molecule has 0 radical (unpaired) electrons. The monoisotopic (exact) mass is 269 g/mol. The van der Waals surface area contributed by atoms with E-state index in [1.807, 2.05) is 32.3 Å². The lowest BCUT2D eigenvalue weighted by molar-refractivity contribution is 0.991. The summed E-state index contributed by atoms with van der Waals surface area (Å²) < 4.78 is 0. The fourth-order valence-corrected chi connectivity index (χ4v) is 2.17. The molecular weight excluding hydrogens is 250 g/mol. The highest BCUT2D eigenvalue weighted by molar-refractivity contribution is 5.62. The molecule has 20 heavy (non-hydrogen) atoms. The van der Waals surface area contributed by atoms with Gasteiger partial charge in [0.2, 0.25) is 0 Å². The summed E-state index contributed by atoms with van der Waals surface area (Å²) in [5.41, 5.74) is 5.88. The molecule has 1 saturated carbocycles. The number of nitrogens with zero attached hydrogens (tertiary/aromatic N) is 3. The van der Waals surface area contributed by atoms with Gasteiger partial charge in [0.25, 0.3) is 0 Å². The van der Waals surface area contributed by atoms with Crippen LogP contribution < -0.4 is 16.2 Å². The van der Waals surface area contributed by atoms with Gasteiger partial charge in [-0.1, -0.05) is 0 Å². The summed E-state index contributed by atoms with van der Waals surface area (Å²) in [5.74, 6) is 7.48. The second kappa shape index (κ2) is 5.09. The second-order valence-electron chi connectivity index (χ2n) is 5.36. The van der Waals surface area contributed by atoms with Gasteiger partial charge in [-0.05, 0) is 37.1 Å². The molecule has 0 saturated heterocycles. The van der Waals surface area contributed by atoms with Crippen LogP contribution in [0.5, 0.6) is 0 Å². The van der Waals surface area contributed by atoms with Crippen LogP contribution in [0.3, 0.4) is 0 Å². The van der Waals surface area contributed by atoms with Gasteiger partial charge in [0.05, 0.1) is 0 Å². The van der Waals surface area contributed by atoms with Gasteiger partial charge in [0.15, 0.2) is 5.82 Å². The SMILES string of the molecule is CN(C)c1ccc(-c2nc(NN)cc(C3CC3)n2)cc1. The third kappa shape index (κ3) is 2.58. The fourth-order valence-electron chi connectivity index (χ4n) is 2.17. The smallest absolute Gasteiger partial charge is 0.161 e. The Morgan fingerprint density at radius 1 is 1.15 bits per heavy atom. The molecule has 5 nitrogen and oxygen atoms in total. The van der Waals surface area contributed by atoms with Crippen LogP contribution in [-0.2, 0) is 0 Å². The number of nitrogens with one attached hydrogen (secondary N) is 1. The van der Waals surface area contributed by atoms with Crippen molar-refractivity contribution in [2.75, 3.05) is 24.4 Å². The number of rotatable bonds is 4.